The van der Waals surface area contributed by atoms with Gasteiger partial charge >= 0.3 is 0 Å². The van der Waals surface area contributed by atoms with E-state index in [9.17, 15) is 0 Å². The van der Waals surface area contributed by atoms with E-state index in [0.29, 0.717) is 5.92 Å². The third-order valence-corrected chi connectivity index (χ3v) is 3.47. The van der Waals surface area contributed by atoms with Crippen LogP contribution in [0.1, 0.15) is 24.0 Å². The molecule has 0 N–H and O–H groups in total. The predicted octanol–water partition coefficient (Wildman–Crippen LogP) is 5.04. The van der Waals surface area contributed by atoms with Gasteiger partial charge < -0.3 is 0 Å². The fraction of sp³-hybridized carbons (Fsp3) is 0.105. The van der Waals surface area contributed by atoms with E-state index in [-0.39, 0.29) is 0 Å². The summed E-state index contributed by atoms with van der Waals surface area (Å²) in [6, 6.07) is 18.5. The zero-order chi connectivity index (χ0) is 13.8. The molecule has 1 aliphatic rings. The van der Waals surface area contributed by atoms with Crippen molar-refractivity contribution >= 4 is 11.9 Å². The largest absolute Gasteiger partial charge is 0.256 e. The Labute approximate surface area is 120 Å². The van der Waals surface area contributed by atoms with Crippen LogP contribution in [0.25, 0.3) is 0 Å². The van der Waals surface area contributed by atoms with Crippen molar-refractivity contribution in [2.45, 2.75) is 12.8 Å². The number of hydrogen-bond donors (Lipinski definition) is 0. The standard InChI is InChI=1S/C19H17N/c1-15-11-12-16(13-15)19-10-6-5-7-17(19)14-20-18-8-3-2-4-9-18/h2-14,16H,1H3. The highest BCUT2D eigenvalue weighted by Crippen LogP contribution is 2.28. The van der Waals surface area contributed by atoms with Crippen LogP contribution in [0.5, 0.6) is 0 Å². The maximum atomic E-state index is 4.56. The van der Waals surface area contributed by atoms with Crippen molar-refractivity contribution < 1.29 is 0 Å². The molecule has 1 unspecified atom stereocenters. The van der Waals surface area contributed by atoms with Crippen LogP contribution in [0, 0.1) is 0 Å². The lowest BCUT2D eigenvalue weighted by Crippen LogP contribution is -1.95. The molecule has 1 aliphatic carbocycles. The Morgan fingerprint density at radius 3 is 2.45 bits per heavy atom. The summed E-state index contributed by atoms with van der Waals surface area (Å²) in [5.74, 6) is 0.369. The molecule has 0 amide bonds. The molecule has 0 heterocycles. The van der Waals surface area contributed by atoms with Crippen LogP contribution in [0.3, 0.4) is 0 Å². The van der Waals surface area contributed by atoms with Gasteiger partial charge in [-0.1, -0.05) is 66.3 Å². The smallest absolute Gasteiger partial charge is 0.0629 e. The van der Waals surface area contributed by atoms with Crippen LogP contribution in [-0.2, 0) is 0 Å². The second-order valence-corrected chi connectivity index (χ2v) is 5.02. The van der Waals surface area contributed by atoms with E-state index in [1.807, 2.05) is 36.5 Å². The summed E-state index contributed by atoms with van der Waals surface area (Å²) < 4.78 is 0. The minimum Gasteiger partial charge on any atom is -0.256 e. The van der Waals surface area contributed by atoms with Crippen molar-refractivity contribution in [2.75, 3.05) is 0 Å². The molecule has 3 rings (SSSR count). The lowest BCUT2D eigenvalue weighted by Gasteiger charge is -2.09. The van der Waals surface area contributed by atoms with Crippen LogP contribution in [0.2, 0.25) is 0 Å². The van der Waals surface area contributed by atoms with Gasteiger partial charge in [0.05, 0.1) is 5.69 Å². The van der Waals surface area contributed by atoms with Gasteiger partial charge in [0.15, 0.2) is 0 Å². The first kappa shape index (κ1) is 12.6. The minimum absolute atomic E-state index is 0.369. The second kappa shape index (κ2) is 5.70. The van der Waals surface area contributed by atoms with Gasteiger partial charge in [-0.05, 0) is 30.2 Å². The highest BCUT2D eigenvalue weighted by Gasteiger charge is 2.12. The van der Waals surface area contributed by atoms with Crippen molar-refractivity contribution in [3.8, 4) is 0 Å². The molecule has 1 nitrogen and oxygen atoms in total. The Hall–Kier alpha value is -2.41. The topological polar surface area (TPSA) is 12.4 Å². The zero-order valence-corrected chi connectivity index (χ0v) is 11.5. The number of nitrogens with zero attached hydrogens (tertiary/aromatic N) is 1. The molecular formula is C19H17N. The summed E-state index contributed by atoms with van der Waals surface area (Å²) in [5.41, 5.74) is 4.79. The van der Waals surface area contributed by atoms with E-state index >= 15 is 0 Å². The molecule has 98 valence electrons. The maximum Gasteiger partial charge on any atom is 0.0629 e. The van der Waals surface area contributed by atoms with Gasteiger partial charge in [-0.15, -0.1) is 0 Å². The summed E-state index contributed by atoms with van der Waals surface area (Å²) in [6.45, 7) is 2.14. The number of para-hydroxylation sites is 1. The van der Waals surface area contributed by atoms with E-state index in [4.69, 9.17) is 0 Å². The van der Waals surface area contributed by atoms with Crippen molar-refractivity contribution in [1.29, 1.82) is 0 Å². The summed E-state index contributed by atoms with van der Waals surface area (Å²) in [6.07, 6.45) is 8.66. The molecule has 0 fully saturated rings. The molecule has 20 heavy (non-hydrogen) atoms. The van der Waals surface area contributed by atoms with E-state index in [1.165, 1.54) is 16.7 Å². The molecule has 1 heteroatoms. The Morgan fingerprint density at radius 2 is 1.70 bits per heavy atom. The lowest BCUT2D eigenvalue weighted by molar-refractivity contribution is 1.09. The van der Waals surface area contributed by atoms with Gasteiger partial charge in [0.2, 0.25) is 0 Å². The minimum atomic E-state index is 0.369. The molecule has 0 aliphatic heterocycles. The molecule has 0 radical (unpaired) electrons. The quantitative estimate of drug-likeness (QED) is 0.685. The van der Waals surface area contributed by atoms with Crippen LogP contribution in [-0.4, -0.2) is 6.21 Å². The molecular weight excluding hydrogens is 242 g/mol. The van der Waals surface area contributed by atoms with E-state index < -0.39 is 0 Å². The number of benzene rings is 2. The van der Waals surface area contributed by atoms with Crippen molar-refractivity contribution in [3.05, 3.63) is 89.5 Å². The lowest BCUT2D eigenvalue weighted by atomic mass is 9.96. The number of aliphatic imine (C=N–C) groups is 1. The van der Waals surface area contributed by atoms with Crippen LogP contribution < -0.4 is 0 Å². The highest BCUT2D eigenvalue weighted by atomic mass is 14.7. The molecule has 1 atom stereocenters. The van der Waals surface area contributed by atoms with Gasteiger partial charge in [-0.3, -0.25) is 4.99 Å². The SMILES string of the molecule is CC1=CC(c2ccccc2C=Nc2ccccc2)C=C1. The average molecular weight is 259 g/mol. The van der Waals surface area contributed by atoms with Crippen molar-refractivity contribution in [3.63, 3.8) is 0 Å². The fourth-order valence-electron chi connectivity index (χ4n) is 2.43. The van der Waals surface area contributed by atoms with Gasteiger partial charge in [0.1, 0.15) is 0 Å². The summed E-state index contributed by atoms with van der Waals surface area (Å²) in [4.78, 5) is 4.56. The number of rotatable bonds is 3. The first-order valence-corrected chi connectivity index (χ1v) is 6.87. The summed E-state index contributed by atoms with van der Waals surface area (Å²) in [5, 5.41) is 0. The predicted molar refractivity (Wildman–Crippen MR) is 85.8 cm³/mol. The first-order chi connectivity index (χ1) is 9.83. The first-order valence-electron chi connectivity index (χ1n) is 6.87. The molecule has 0 bridgehead atoms. The molecule has 2 aromatic carbocycles. The second-order valence-electron chi connectivity index (χ2n) is 5.02. The summed E-state index contributed by atoms with van der Waals surface area (Å²) in [7, 11) is 0. The van der Waals surface area contributed by atoms with Gasteiger partial charge in [-0.25, -0.2) is 0 Å². The molecule has 0 aromatic heterocycles. The number of hydrogen-bond acceptors (Lipinski definition) is 1. The monoisotopic (exact) mass is 259 g/mol. The van der Waals surface area contributed by atoms with Gasteiger partial charge in [0.25, 0.3) is 0 Å². The fourth-order valence-corrected chi connectivity index (χ4v) is 2.43. The van der Waals surface area contributed by atoms with E-state index in [1.54, 1.807) is 0 Å². The molecule has 2 aromatic rings. The zero-order valence-electron chi connectivity index (χ0n) is 11.5. The normalized spacial score (nSPS) is 17.6. The van der Waals surface area contributed by atoms with E-state index in [0.717, 1.165) is 5.69 Å². The Balaban J connectivity index is 1.91. The third kappa shape index (κ3) is 2.77. The van der Waals surface area contributed by atoms with Crippen LogP contribution >= 0.6 is 0 Å². The maximum absolute atomic E-state index is 4.56. The molecule has 0 saturated heterocycles. The summed E-state index contributed by atoms with van der Waals surface area (Å²) >= 11 is 0. The number of allylic oxidation sites excluding steroid dienone is 4. The average Bonchev–Trinajstić information content (AvgIpc) is 2.93. The highest BCUT2D eigenvalue weighted by molar-refractivity contribution is 5.84. The van der Waals surface area contributed by atoms with Crippen molar-refractivity contribution in [1.82, 2.24) is 0 Å². The van der Waals surface area contributed by atoms with Gasteiger partial charge in [-0.2, -0.15) is 0 Å². The Kier molecular flexibility index (Phi) is 3.60. The Morgan fingerprint density at radius 1 is 0.950 bits per heavy atom. The van der Waals surface area contributed by atoms with E-state index in [2.05, 4.69) is 54.4 Å². The van der Waals surface area contributed by atoms with Crippen LogP contribution in [0.4, 0.5) is 5.69 Å². The Bertz CT molecular complexity index is 678. The van der Waals surface area contributed by atoms with Crippen molar-refractivity contribution in [2.24, 2.45) is 4.99 Å². The van der Waals surface area contributed by atoms with Crippen LogP contribution in [0.15, 0.2) is 83.4 Å². The third-order valence-electron chi connectivity index (χ3n) is 3.47. The molecule has 0 spiro atoms. The van der Waals surface area contributed by atoms with Gasteiger partial charge in [0, 0.05) is 12.1 Å². The molecule has 0 saturated carbocycles.